The summed E-state index contributed by atoms with van der Waals surface area (Å²) in [5, 5.41) is 3.17. The SMILES string of the molecule is O=C(CCC(=O)N1C[C@H]2C[C@@H](C1)c1cccc(=O)n1C2)N[C@@H]1CCC[C@H]1Cc1ccco1. The highest BCUT2D eigenvalue weighted by Gasteiger charge is 2.36. The van der Waals surface area contributed by atoms with Gasteiger partial charge in [-0.05, 0) is 49.3 Å². The van der Waals surface area contributed by atoms with Crippen LogP contribution < -0.4 is 10.9 Å². The summed E-state index contributed by atoms with van der Waals surface area (Å²) in [5.41, 5.74) is 1.08. The summed E-state index contributed by atoms with van der Waals surface area (Å²) in [6.07, 6.45) is 7.20. The number of carbonyl (C=O) groups is 2. The van der Waals surface area contributed by atoms with Crippen molar-refractivity contribution in [2.75, 3.05) is 13.1 Å². The maximum Gasteiger partial charge on any atom is 0.250 e. The number of hydrogen-bond donors (Lipinski definition) is 1. The summed E-state index contributed by atoms with van der Waals surface area (Å²) < 4.78 is 7.34. The lowest BCUT2D eigenvalue weighted by Crippen LogP contribution is -2.49. The predicted octanol–water partition coefficient (Wildman–Crippen LogP) is 2.69. The summed E-state index contributed by atoms with van der Waals surface area (Å²) in [4.78, 5) is 39.6. The Morgan fingerprint density at radius 1 is 1.06 bits per heavy atom. The number of hydrogen-bond acceptors (Lipinski definition) is 4. The van der Waals surface area contributed by atoms with Gasteiger partial charge in [-0.1, -0.05) is 12.5 Å². The molecule has 0 spiro atoms. The van der Waals surface area contributed by atoms with Crippen molar-refractivity contribution in [2.45, 2.75) is 63.5 Å². The molecule has 2 bridgehead atoms. The minimum absolute atomic E-state index is 0.0382. The summed E-state index contributed by atoms with van der Waals surface area (Å²) in [6, 6.07) is 9.46. The molecule has 1 aliphatic carbocycles. The first kappa shape index (κ1) is 21.0. The topological polar surface area (TPSA) is 84.5 Å². The van der Waals surface area contributed by atoms with Crippen LogP contribution in [0.25, 0.3) is 0 Å². The van der Waals surface area contributed by atoms with E-state index >= 15 is 0 Å². The van der Waals surface area contributed by atoms with Crippen molar-refractivity contribution in [3.8, 4) is 0 Å². The van der Waals surface area contributed by atoms with Crippen LogP contribution in [-0.4, -0.2) is 40.4 Å². The van der Waals surface area contributed by atoms with Gasteiger partial charge in [-0.2, -0.15) is 0 Å². The molecule has 1 saturated heterocycles. The summed E-state index contributed by atoms with van der Waals surface area (Å²) >= 11 is 0. The normalized spacial score (nSPS) is 26.6. The van der Waals surface area contributed by atoms with Crippen molar-refractivity contribution in [3.63, 3.8) is 0 Å². The molecular formula is C25H31N3O4. The van der Waals surface area contributed by atoms with Crippen LogP contribution in [0.1, 0.15) is 55.9 Å². The van der Waals surface area contributed by atoms with E-state index in [1.807, 2.05) is 33.7 Å². The fourth-order valence-electron chi connectivity index (χ4n) is 5.92. The van der Waals surface area contributed by atoms with Crippen molar-refractivity contribution in [1.29, 1.82) is 0 Å². The van der Waals surface area contributed by atoms with Crippen molar-refractivity contribution in [1.82, 2.24) is 14.8 Å². The highest BCUT2D eigenvalue weighted by molar-refractivity contribution is 5.84. The van der Waals surface area contributed by atoms with Crippen LogP contribution in [0.2, 0.25) is 0 Å². The second-order valence-corrected chi connectivity index (χ2v) is 9.65. The van der Waals surface area contributed by atoms with Gasteiger partial charge in [-0.3, -0.25) is 14.4 Å². The standard InChI is InChI=1S/C25H31N3O4/c29-23(26-21-6-1-4-18(21)13-20-5-3-11-32-20)9-10-24(30)27-14-17-12-19(16-27)22-7-2-8-25(31)28(22)15-17/h2-3,5,7-8,11,17-19,21H,1,4,6,9-10,12-16H2,(H,26,29)/t17-,18+,19+,21-/m1/s1. The first-order valence-electron chi connectivity index (χ1n) is 11.9. The van der Waals surface area contributed by atoms with Crippen molar-refractivity contribution in [2.24, 2.45) is 11.8 Å². The second-order valence-electron chi connectivity index (χ2n) is 9.65. The number of rotatable bonds is 6. The molecule has 5 rings (SSSR count). The highest BCUT2D eigenvalue weighted by Crippen LogP contribution is 2.35. The zero-order valence-corrected chi connectivity index (χ0v) is 18.4. The number of fused-ring (bicyclic) bond motifs is 4. The van der Waals surface area contributed by atoms with Crippen molar-refractivity contribution < 1.29 is 14.0 Å². The van der Waals surface area contributed by atoms with E-state index in [1.54, 1.807) is 12.3 Å². The number of nitrogens with zero attached hydrogens (tertiary/aromatic N) is 2. The number of aromatic nitrogens is 1. The zero-order chi connectivity index (χ0) is 22.1. The summed E-state index contributed by atoms with van der Waals surface area (Å²) in [6.45, 7) is 1.98. The first-order chi connectivity index (χ1) is 15.6. The predicted molar refractivity (Wildman–Crippen MR) is 119 cm³/mol. The number of nitrogens with one attached hydrogen (secondary N) is 1. The third-order valence-electron chi connectivity index (χ3n) is 7.45. The molecule has 4 atom stereocenters. The zero-order valence-electron chi connectivity index (χ0n) is 18.4. The van der Waals surface area contributed by atoms with Gasteiger partial charge in [0, 0.05) is 62.6 Å². The van der Waals surface area contributed by atoms with Gasteiger partial charge in [0.1, 0.15) is 5.76 Å². The maximum absolute atomic E-state index is 12.9. The molecule has 0 aromatic carbocycles. The lowest BCUT2D eigenvalue weighted by molar-refractivity contribution is -0.136. The Labute approximate surface area is 187 Å². The molecule has 0 radical (unpaired) electrons. The molecule has 2 amide bonds. The molecule has 2 aliphatic heterocycles. The van der Waals surface area contributed by atoms with Crippen LogP contribution in [0.3, 0.4) is 0 Å². The molecule has 0 unspecified atom stereocenters. The van der Waals surface area contributed by atoms with Crippen LogP contribution in [0.5, 0.6) is 0 Å². The molecule has 4 heterocycles. The molecule has 7 nitrogen and oxygen atoms in total. The summed E-state index contributed by atoms with van der Waals surface area (Å²) in [7, 11) is 0. The minimum atomic E-state index is -0.0382. The Hall–Kier alpha value is -2.83. The van der Waals surface area contributed by atoms with E-state index in [0.717, 1.165) is 43.6 Å². The Morgan fingerprint density at radius 2 is 1.97 bits per heavy atom. The first-order valence-corrected chi connectivity index (χ1v) is 11.9. The van der Waals surface area contributed by atoms with Gasteiger partial charge in [0.2, 0.25) is 11.8 Å². The van der Waals surface area contributed by atoms with Gasteiger partial charge < -0.3 is 19.2 Å². The van der Waals surface area contributed by atoms with Crippen molar-refractivity contribution in [3.05, 3.63) is 58.4 Å². The number of amides is 2. The van der Waals surface area contributed by atoms with E-state index in [2.05, 4.69) is 5.32 Å². The Bertz CT molecular complexity index is 1030. The third kappa shape index (κ3) is 4.38. The fourth-order valence-corrected chi connectivity index (χ4v) is 5.92. The van der Waals surface area contributed by atoms with Crippen LogP contribution >= 0.6 is 0 Å². The maximum atomic E-state index is 12.9. The van der Waals surface area contributed by atoms with E-state index in [4.69, 9.17) is 4.42 Å². The molecule has 2 aromatic rings. The number of carbonyl (C=O) groups excluding carboxylic acids is 2. The Balaban J connectivity index is 1.13. The molecule has 3 aliphatic rings. The highest BCUT2D eigenvalue weighted by atomic mass is 16.3. The summed E-state index contributed by atoms with van der Waals surface area (Å²) in [5.74, 6) is 1.87. The third-order valence-corrected chi connectivity index (χ3v) is 7.45. The molecule has 2 fully saturated rings. The molecule has 32 heavy (non-hydrogen) atoms. The minimum Gasteiger partial charge on any atom is -0.469 e. The largest absolute Gasteiger partial charge is 0.469 e. The van der Waals surface area contributed by atoms with Crippen LogP contribution in [-0.2, 0) is 22.6 Å². The molecule has 1 saturated carbocycles. The number of pyridine rings is 1. The molecular weight excluding hydrogens is 406 g/mol. The van der Waals surface area contributed by atoms with Crippen molar-refractivity contribution >= 4 is 11.8 Å². The monoisotopic (exact) mass is 437 g/mol. The van der Waals surface area contributed by atoms with Crippen LogP contribution in [0.15, 0.2) is 45.8 Å². The number of furan rings is 1. The van der Waals surface area contributed by atoms with E-state index in [-0.39, 0.29) is 42.2 Å². The molecule has 1 N–H and O–H groups in total. The van der Waals surface area contributed by atoms with E-state index in [0.29, 0.717) is 31.5 Å². The van der Waals surface area contributed by atoms with Gasteiger partial charge in [0.25, 0.3) is 5.56 Å². The Morgan fingerprint density at radius 3 is 2.81 bits per heavy atom. The average Bonchev–Trinajstić information content (AvgIpc) is 3.45. The van der Waals surface area contributed by atoms with Gasteiger partial charge in [-0.25, -0.2) is 0 Å². The Kier molecular flexibility index (Phi) is 5.89. The fraction of sp³-hybridized carbons (Fsp3) is 0.560. The van der Waals surface area contributed by atoms with E-state index in [1.165, 1.54) is 0 Å². The van der Waals surface area contributed by atoms with Gasteiger partial charge in [0.05, 0.1) is 6.26 Å². The smallest absolute Gasteiger partial charge is 0.250 e. The molecule has 170 valence electrons. The molecule has 7 heteroatoms. The number of piperidine rings is 1. The number of likely N-dealkylation sites (tertiary alicyclic amines) is 1. The van der Waals surface area contributed by atoms with Gasteiger partial charge >= 0.3 is 0 Å². The quantitative estimate of drug-likeness (QED) is 0.753. The van der Waals surface area contributed by atoms with Gasteiger partial charge in [-0.15, -0.1) is 0 Å². The lowest BCUT2D eigenvalue weighted by Gasteiger charge is -2.42. The lowest BCUT2D eigenvalue weighted by atomic mass is 9.83. The van der Waals surface area contributed by atoms with E-state index in [9.17, 15) is 14.4 Å². The molecule has 2 aromatic heterocycles. The van der Waals surface area contributed by atoms with Crippen LogP contribution in [0.4, 0.5) is 0 Å². The van der Waals surface area contributed by atoms with Gasteiger partial charge in [0.15, 0.2) is 0 Å². The van der Waals surface area contributed by atoms with E-state index < -0.39 is 0 Å². The van der Waals surface area contributed by atoms with Crippen LogP contribution in [0, 0.1) is 11.8 Å². The second kappa shape index (κ2) is 8.96. The average molecular weight is 438 g/mol.